The van der Waals surface area contributed by atoms with E-state index in [1.165, 1.54) is 19.3 Å². The summed E-state index contributed by atoms with van der Waals surface area (Å²) < 4.78 is 1.90. The molecule has 2 aliphatic rings. The number of amides is 1. The van der Waals surface area contributed by atoms with Gasteiger partial charge in [0.05, 0.1) is 23.3 Å². The van der Waals surface area contributed by atoms with Crippen LogP contribution in [0, 0.1) is 0 Å². The van der Waals surface area contributed by atoms with E-state index in [0.717, 1.165) is 19.3 Å². The van der Waals surface area contributed by atoms with Gasteiger partial charge in [0, 0.05) is 0 Å². The van der Waals surface area contributed by atoms with Crippen LogP contribution in [0.25, 0.3) is 0 Å². The predicted octanol–water partition coefficient (Wildman–Crippen LogP) is 3.25. The molecule has 1 saturated carbocycles. The van der Waals surface area contributed by atoms with Crippen LogP contribution in [0.15, 0.2) is 24.3 Å². The molecule has 1 aromatic heterocycles. The standard InChI is InChI=1S/C19H23N5O2/c1-2-8-16(18-20-21-22-24(18)13-9-4-3-5-10-13)23-15-12-7-6-11-14(15)17(25)19(23)26/h6-7,11-13,16H,2-5,8-10H2,1H3. The van der Waals surface area contributed by atoms with E-state index in [-0.39, 0.29) is 12.1 Å². The normalized spacial score (nSPS) is 19.0. The van der Waals surface area contributed by atoms with Gasteiger partial charge in [0.25, 0.3) is 11.7 Å². The maximum atomic E-state index is 12.8. The Hall–Kier alpha value is -2.57. The van der Waals surface area contributed by atoms with E-state index in [1.807, 2.05) is 16.8 Å². The van der Waals surface area contributed by atoms with E-state index < -0.39 is 11.7 Å². The Labute approximate surface area is 152 Å². The van der Waals surface area contributed by atoms with Crippen molar-refractivity contribution in [1.29, 1.82) is 0 Å². The molecule has 1 aromatic carbocycles. The number of aromatic nitrogens is 4. The molecule has 26 heavy (non-hydrogen) atoms. The number of benzene rings is 1. The van der Waals surface area contributed by atoms with Crippen LogP contribution in [0.3, 0.4) is 0 Å². The number of para-hydroxylation sites is 1. The fourth-order valence-corrected chi connectivity index (χ4v) is 4.17. The van der Waals surface area contributed by atoms with Gasteiger partial charge < -0.3 is 0 Å². The van der Waals surface area contributed by atoms with Crippen molar-refractivity contribution in [3.63, 3.8) is 0 Å². The molecule has 1 amide bonds. The first kappa shape index (κ1) is 16.9. The van der Waals surface area contributed by atoms with Crippen molar-refractivity contribution < 1.29 is 9.59 Å². The van der Waals surface area contributed by atoms with Crippen molar-refractivity contribution in [2.24, 2.45) is 0 Å². The summed E-state index contributed by atoms with van der Waals surface area (Å²) in [6.07, 6.45) is 7.28. The number of anilines is 1. The molecule has 2 heterocycles. The third-order valence-electron chi connectivity index (χ3n) is 5.43. The molecule has 7 heteroatoms. The van der Waals surface area contributed by atoms with Crippen LogP contribution in [-0.4, -0.2) is 31.9 Å². The monoisotopic (exact) mass is 353 g/mol. The van der Waals surface area contributed by atoms with Crippen molar-refractivity contribution in [2.75, 3.05) is 4.90 Å². The lowest BCUT2D eigenvalue weighted by atomic mass is 9.95. The van der Waals surface area contributed by atoms with Crippen molar-refractivity contribution in [3.05, 3.63) is 35.7 Å². The molecule has 1 unspecified atom stereocenters. The van der Waals surface area contributed by atoms with Crippen LogP contribution in [0.5, 0.6) is 0 Å². The largest absolute Gasteiger partial charge is 0.300 e. The summed E-state index contributed by atoms with van der Waals surface area (Å²) in [5.41, 5.74) is 1.13. The molecule has 7 nitrogen and oxygen atoms in total. The highest BCUT2D eigenvalue weighted by Gasteiger charge is 2.42. The fraction of sp³-hybridized carbons (Fsp3) is 0.526. The van der Waals surface area contributed by atoms with Crippen LogP contribution < -0.4 is 4.90 Å². The average molecular weight is 353 g/mol. The highest BCUT2D eigenvalue weighted by molar-refractivity contribution is 6.52. The minimum atomic E-state index is -0.483. The van der Waals surface area contributed by atoms with Crippen LogP contribution in [0.1, 0.15) is 80.1 Å². The highest BCUT2D eigenvalue weighted by Crippen LogP contribution is 2.38. The lowest BCUT2D eigenvalue weighted by Crippen LogP contribution is -2.36. The summed E-state index contributed by atoms with van der Waals surface area (Å²) in [6, 6.07) is 7.13. The van der Waals surface area contributed by atoms with Gasteiger partial charge in [0.1, 0.15) is 0 Å². The molecular weight excluding hydrogens is 330 g/mol. The van der Waals surface area contributed by atoms with Crippen LogP contribution in [0.4, 0.5) is 5.69 Å². The third-order valence-corrected chi connectivity index (χ3v) is 5.43. The van der Waals surface area contributed by atoms with Gasteiger partial charge in [-0.2, -0.15) is 0 Å². The molecule has 136 valence electrons. The van der Waals surface area contributed by atoms with E-state index in [4.69, 9.17) is 0 Å². The van der Waals surface area contributed by atoms with Gasteiger partial charge in [0.15, 0.2) is 5.82 Å². The second-order valence-electron chi connectivity index (χ2n) is 7.10. The SMILES string of the molecule is CCCC(c1nnnn1C1CCCCC1)N1C(=O)C(=O)c2ccccc21. The number of carbonyl (C=O) groups excluding carboxylic acids is 2. The molecule has 0 N–H and O–H groups in total. The zero-order valence-electron chi connectivity index (χ0n) is 15.0. The smallest absolute Gasteiger partial charge is 0.294 e. The maximum Gasteiger partial charge on any atom is 0.300 e. The highest BCUT2D eigenvalue weighted by atomic mass is 16.2. The van der Waals surface area contributed by atoms with E-state index in [0.29, 0.717) is 23.5 Å². The molecule has 1 atom stereocenters. The second-order valence-corrected chi connectivity index (χ2v) is 7.10. The summed E-state index contributed by atoms with van der Waals surface area (Å²) in [7, 11) is 0. The molecule has 1 fully saturated rings. The van der Waals surface area contributed by atoms with Gasteiger partial charge >= 0.3 is 0 Å². The number of tetrazole rings is 1. The summed E-state index contributed by atoms with van der Waals surface area (Å²) in [4.78, 5) is 26.8. The quantitative estimate of drug-likeness (QED) is 0.771. The van der Waals surface area contributed by atoms with Crippen molar-refractivity contribution >= 4 is 17.4 Å². The van der Waals surface area contributed by atoms with E-state index in [2.05, 4.69) is 22.4 Å². The lowest BCUT2D eigenvalue weighted by molar-refractivity contribution is -0.114. The van der Waals surface area contributed by atoms with Gasteiger partial charge in [-0.25, -0.2) is 4.68 Å². The lowest BCUT2D eigenvalue weighted by Gasteiger charge is -2.29. The number of nitrogens with zero attached hydrogens (tertiary/aromatic N) is 5. The minimum absolute atomic E-state index is 0.275. The van der Waals surface area contributed by atoms with E-state index in [1.54, 1.807) is 17.0 Å². The Balaban J connectivity index is 1.75. The minimum Gasteiger partial charge on any atom is -0.294 e. The zero-order chi connectivity index (χ0) is 18.1. The Morgan fingerprint density at radius 2 is 1.92 bits per heavy atom. The van der Waals surface area contributed by atoms with E-state index >= 15 is 0 Å². The Bertz CT molecular complexity index is 825. The van der Waals surface area contributed by atoms with Gasteiger partial charge in [0.2, 0.25) is 0 Å². The Morgan fingerprint density at radius 1 is 1.15 bits per heavy atom. The van der Waals surface area contributed by atoms with Crippen LogP contribution in [0.2, 0.25) is 0 Å². The predicted molar refractivity (Wildman–Crippen MR) is 95.8 cm³/mol. The topological polar surface area (TPSA) is 81.0 Å². The molecule has 0 bridgehead atoms. The molecule has 2 aromatic rings. The van der Waals surface area contributed by atoms with Crippen LogP contribution >= 0.6 is 0 Å². The first-order valence-electron chi connectivity index (χ1n) is 9.47. The molecule has 1 aliphatic heterocycles. The Morgan fingerprint density at radius 3 is 2.69 bits per heavy atom. The molecule has 0 saturated heterocycles. The first-order valence-corrected chi connectivity index (χ1v) is 9.47. The molecule has 0 radical (unpaired) electrons. The number of hydrogen-bond acceptors (Lipinski definition) is 5. The number of ketones is 1. The number of rotatable bonds is 5. The number of hydrogen-bond donors (Lipinski definition) is 0. The van der Waals surface area contributed by atoms with Crippen molar-refractivity contribution in [3.8, 4) is 0 Å². The van der Waals surface area contributed by atoms with Crippen molar-refractivity contribution in [1.82, 2.24) is 20.2 Å². The third kappa shape index (κ3) is 2.71. The van der Waals surface area contributed by atoms with Gasteiger partial charge in [-0.15, -0.1) is 5.10 Å². The average Bonchev–Trinajstić information content (AvgIpc) is 3.26. The summed E-state index contributed by atoms with van der Waals surface area (Å²) in [6.45, 7) is 2.07. The molecule has 1 aliphatic carbocycles. The second kappa shape index (κ2) is 6.97. The van der Waals surface area contributed by atoms with Crippen molar-refractivity contribution in [2.45, 2.75) is 64.0 Å². The molecular formula is C19H23N5O2. The van der Waals surface area contributed by atoms with Gasteiger partial charge in [-0.1, -0.05) is 44.7 Å². The Kier molecular flexibility index (Phi) is 4.53. The summed E-state index contributed by atoms with van der Waals surface area (Å²) in [5.74, 6) is -0.238. The van der Waals surface area contributed by atoms with Gasteiger partial charge in [-0.3, -0.25) is 14.5 Å². The summed E-state index contributed by atoms with van der Waals surface area (Å²) in [5, 5.41) is 12.4. The van der Waals surface area contributed by atoms with Gasteiger partial charge in [-0.05, 0) is 41.8 Å². The molecule has 0 spiro atoms. The number of carbonyl (C=O) groups is 2. The number of Topliss-reactive ketones (excluding diaryl/α,β-unsaturated/α-hetero) is 1. The van der Waals surface area contributed by atoms with Crippen LogP contribution in [-0.2, 0) is 4.79 Å². The molecule has 4 rings (SSSR count). The zero-order valence-corrected chi connectivity index (χ0v) is 15.0. The first-order chi connectivity index (χ1) is 12.7. The van der Waals surface area contributed by atoms with E-state index in [9.17, 15) is 9.59 Å². The summed E-state index contributed by atoms with van der Waals surface area (Å²) >= 11 is 0. The number of fused-ring (bicyclic) bond motifs is 1. The fourth-order valence-electron chi connectivity index (χ4n) is 4.17. The maximum absolute atomic E-state index is 12.8.